The molecule has 26 heavy (non-hydrogen) atoms. The highest BCUT2D eigenvalue weighted by molar-refractivity contribution is 5.65. The topological polar surface area (TPSA) is 61.8 Å². The molecule has 0 aliphatic carbocycles. The van der Waals surface area contributed by atoms with Crippen LogP contribution in [0, 0.1) is 5.82 Å². The number of likely N-dealkylation sites (tertiary alicyclic amines) is 1. The second-order valence-corrected chi connectivity index (χ2v) is 6.44. The molecule has 0 unspecified atom stereocenters. The highest BCUT2D eigenvalue weighted by Crippen LogP contribution is 2.18. The molecule has 1 aliphatic rings. The van der Waals surface area contributed by atoms with Gasteiger partial charge < -0.3 is 20.1 Å². The number of halogens is 1. The molecule has 5 nitrogen and oxygen atoms in total. The van der Waals surface area contributed by atoms with Crippen LogP contribution >= 0.6 is 0 Å². The van der Waals surface area contributed by atoms with Crippen molar-refractivity contribution in [3.8, 4) is 5.75 Å². The van der Waals surface area contributed by atoms with Crippen molar-refractivity contribution in [1.82, 2.24) is 4.90 Å². The third kappa shape index (κ3) is 5.12. The molecule has 6 heteroatoms. The van der Waals surface area contributed by atoms with E-state index in [1.54, 1.807) is 12.1 Å². The molecule has 1 amide bonds. The summed E-state index contributed by atoms with van der Waals surface area (Å²) < 4.78 is 18.5. The van der Waals surface area contributed by atoms with E-state index in [2.05, 4.69) is 17.4 Å². The Kier molecular flexibility index (Phi) is 5.94. The summed E-state index contributed by atoms with van der Waals surface area (Å²) in [6.45, 7) is 1.68. The van der Waals surface area contributed by atoms with E-state index in [1.807, 2.05) is 12.1 Å². The molecular formula is C20H23FN2O3. The van der Waals surface area contributed by atoms with Gasteiger partial charge in [0.25, 0.3) is 0 Å². The molecule has 0 bridgehead atoms. The summed E-state index contributed by atoms with van der Waals surface area (Å²) in [4.78, 5) is 12.4. The quantitative estimate of drug-likeness (QED) is 0.819. The first-order valence-electron chi connectivity index (χ1n) is 8.82. The molecule has 2 N–H and O–H groups in total. The highest BCUT2D eigenvalue weighted by atomic mass is 19.1. The SMILES string of the molecule is O=C(O)N1CCC(Nc2ccc(CCOc3ccc(F)cc3)cc2)CC1. The van der Waals surface area contributed by atoms with Crippen molar-refractivity contribution in [2.75, 3.05) is 25.0 Å². The molecule has 138 valence electrons. The molecule has 2 aromatic carbocycles. The monoisotopic (exact) mass is 358 g/mol. The van der Waals surface area contributed by atoms with Crippen LogP contribution in [0.2, 0.25) is 0 Å². The predicted octanol–water partition coefficient (Wildman–Crippen LogP) is 4.00. The average molecular weight is 358 g/mol. The number of nitrogens with one attached hydrogen (secondary N) is 1. The lowest BCUT2D eigenvalue weighted by molar-refractivity contribution is 0.134. The zero-order valence-corrected chi connectivity index (χ0v) is 14.5. The Bertz CT molecular complexity index is 711. The van der Waals surface area contributed by atoms with Crippen molar-refractivity contribution >= 4 is 11.8 Å². The van der Waals surface area contributed by atoms with Crippen molar-refractivity contribution in [1.29, 1.82) is 0 Å². The van der Waals surface area contributed by atoms with Gasteiger partial charge in [-0.2, -0.15) is 0 Å². The summed E-state index contributed by atoms with van der Waals surface area (Å²) >= 11 is 0. The van der Waals surface area contributed by atoms with Crippen LogP contribution in [-0.2, 0) is 6.42 Å². The minimum atomic E-state index is -0.837. The van der Waals surface area contributed by atoms with Crippen LogP contribution in [0.15, 0.2) is 48.5 Å². The summed E-state index contributed by atoms with van der Waals surface area (Å²) in [6.07, 6.45) is 1.57. The summed E-state index contributed by atoms with van der Waals surface area (Å²) in [5, 5.41) is 12.4. The van der Waals surface area contributed by atoms with Crippen molar-refractivity contribution in [2.45, 2.75) is 25.3 Å². The number of carboxylic acid groups (broad SMARTS) is 1. The number of ether oxygens (including phenoxy) is 1. The first kappa shape index (κ1) is 18.0. The van der Waals surface area contributed by atoms with Gasteiger partial charge in [-0.25, -0.2) is 9.18 Å². The molecule has 0 aromatic heterocycles. The first-order chi connectivity index (χ1) is 12.6. The Morgan fingerprint density at radius 2 is 1.77 bits per heavy atom. The van der Waals surface area contributed by atoms with Crippen molar-refractivity contribution in [2.24, 2.45) is 0 Å². The molecule has 0 saturated carbocycles. The number of piperidine rings is 1. The second-order valence-electron chi connectivity index (χ2n) is 6.44. The van der Waals surface area contributed by atoms with E-state index in [-0.39, 0.29) is 5.82 Å². The Morgan fingerprint density at radius 3 is 2.38 bits per heavy atom. The molecular weight excluding hydrogens is 335 g/mol. The highest BCUT2D eigenvalue weighted by Gasteiger charge is 2.21. The number of rotatable bonds is 6. The van der Waals surface area contributed by atoms with E-state index in [9.17, 15) is 9.18 Å². The minimum Gasteiger partial charge on any atom is -0.493 e. The van der Waals surface area contributed by atoms with E-state index in [0.717, 1.165) is 24.9 Å². The van der Waals surface area contributed by atoms with Gasteiger partial charge in [0, 0.05) is 31.2 Å². The summed E-state index contributed by atoms with van der Waals surface area (Å²) in [6, 6.07) is 14.5. The zero-order chi connectivity index (χ0) is 18.4. The number of hydrogen-bond acceptors (Lipinski definition) is 3. The van der Waals surface area contributed by atoms with Crippen molar-refractivity contribution in [3.63, 3.8) is 0 Å². The number of benzene rings is 2. The average Bonchev–Trinajstić information content (AvgIpc) is 2.65. The lowest BCUT2D eigenvalue weighted by Crippen LogP contribution is -2.41. The second kappa shape index (κ2) is 8.56. The van der Waals surface area contributed by atoms with Crippen LogP contribution in [0.1, 0.15) is 18.4 Å². The first-order valence-corrected chi connectivity index (χ1v) is 8.82. The number of amides is 1. The number of carbonyl (C=O) groups is 1. The third-order valence-electron chi connectivity index (χ3n) is 4.56. The van der Waals surface area contributed by atoms with Crippen LogP contribution in [0.25, 0.3) is 0 Å². The fourth-order valence-electron chi connectivity index (χ4n) is 3.04. The predicted molar refractivity (Wildman–Crippen MR) is 98.3 cm³/mol. The van der Waals surface area contributed by atoms with Crippen LogP contribution in [0.4, 0.5) is 14.9 Å². The maximum Gasteiger partial charge on any atom is 0.407 e. The third-order valence-corrected chi connectivity index (χ3v) is 4.56. The Balaban J connectivity index is 1.42. The molecule has 0 atom stereocenters. The van der Waals surface area contributed by atoms with Crippen LogP contribution in [0.3, 0.4) is 0 Å². The summed E-state index contributed by atoms with van der Waals surface area (Å²) in [5.74, 6) is 0.395. The standard InChI is InChI=1S/C20H23FN2O3/c21-16-3-7-19(8-4-16)26-14-11-15-1-5-17(6-2-15)22-18-9-12-23(13-10-18)20(24)25/h1-8,18,22H,9-14H2,(H,24,25). The number of anilines is 1. The maximum atomic E-state index is 12.8. The molecule has 1 heterocycles. The summed E-state index contributed by atoms with van der Waals surface area (Å²) in [5.41, 5.74) is 2.21. The number of nitrogens with zero attached hydrogens (tertiary/aromatic N) is 1. The van der Waals surface area contributed by atoms with E-state index in [4.69, 9.17) is 9.84 Å². The van der Waals surface area contributed by atoms with Gasteiger partial charge in [-0.3, -0.25) is 0 Å². The van der Waals surface area contributed by atoms with Gasteiger partial charge in [-0.1, -0.05) is 12.1 Å². The van der Waals surface area contributed by atoms with E-state index < -0.39 is 6.09 Å². The Hall–Kier alpha value is -2.76. The van der Waals surface area contributed by atoms with Crippen molar-refractivity contribution in [3.05, 3.63) is 59.9 Å². The van der Waals surface area contributed by atoms with Gasteiger partial charge in [-0.05, 0) is 54.8 Å². The fraction of sp³-hybridized carbons (Fsp3) is 0.350. The maximum absolute atomic E-state index is 12.8. The largest absolute Gasteiger partial charge is 0.493 e. The van der Waals surface area contributed by atoms with Crippen LogP contribution < -0.4 is 10.1 Å². The number of hydrogen-bond donors (Lipinski definition) is 2. The van der Waals surface area contributed by atoms with Crippen LogP contribution in [0.5, 0.6) is 5.75 Å². The van der Waals surface area contributed by atoms with Crippen LogP contribution in [-0.4, -0.2) is 41.8 Å². The van der Waals surface area contributed by atoms with Gasteiger partial charge in [0.2, 0.25) is 0 Å². The van der Waals surface area contributed by atoms with Gasteiger partial charge >= 0.3 is 6.09 Å². The lowest BCUT2D eigenvalue weighted by atomic mass is 10.0. The molecule has 0 spiro atoms. The normalized spacial score (nSPS) is 14.9. The van der Waals surface area contributed by atoms with E-state index >= 15 is 0 Å². The molecule has 2 aromatic rings. The summed E-state index contributed by atoms with van der Waals surface area (Å²) in [7, 11) is 0. The molecule has 0 radical (unpaired) electrons. The van der Waals surface area contributed by atoms with Gasteiger partial charge in [-0.15, -0.1) is 0 Å². The fourth-order valence-corrected chi connectivity index (χ4v) is 3.04. The van der Waals surface area contributed by atoms with Gasteiger partial charge in [0.05, 0.1) is 6.61 Å². The smallest absolute Gasteiger partial charge is 0.407 e. The van der Waals surface area contributed by atoms with E-state index in [1.165, 1.54) is 22.6 Å². The molecule has 3 rings (SSSR count). The molecule has 1 saturated heterocycles. The molecule has 1 aliphatic heterocycles. The minimum absolute atomic E-state index is 0.269. The van der Waals surface area contributed by atoms with Gasteiger partial charge in [0.15, 0.2) is 0 Å². The van der Waals surface area contributed by atoms with Gasteiger partial charge in [0.1, 0.15) is 11.6 Å². The zero-order valence-electron chi connectivity index (χ0n) is 14.5. The lowest BCUT2D eigenvalue weighted by Gasteiger charge is -2.31. The Morgan fingerprint density at radius 1 is 1.12 bits per heavy atom. The van der Waals surface area contributed by atoms with E-state index in [0.29, 0.717) is 31.5 Å². The van der Waals surface area contributed by atoms with Crippen molar-refractivity contribution < 1.29 is 19.0 Å². The Labute approximate surface area is 152 Å². The molecule has 1 fully saturated rings.